The molecule has 2 heterocycles. The van der Waals surface area contributed by atoms with Crippen LogP contribution >= 0.6 is 0 Å². The number of aryl methyl sites for hydroxylation is 3. The van der Waals surface area contributed by atoms with Gasteiger partial charge in [-0.25, -0.2) is 12.8 Å². The van der Waals surface area contributed by atoms with Gasteiger partial charge < -0.3 is 9.32 Å². The fraction of sp³-hybridized carbons (Fsp3) is 0.348. The lowest BCUT2D eigenvalue weighted by molar-refractivity contribution is 0.0647. The van der Waals surface area contributed by atoms with E-state index < -0.39 is 27.6 Å². The quantitative estimate of drug-likeness (QED) is 0.619. The molecule has 1 aliphatic rings. The standard InChI is InChI=1S/C23H24FNO4S/c1-14-8-9-19-16(3)22(29-21(19)15(14)2)23(26)25(18-10-11-30(27,28)13-18)12-17-6-4-5-7-20(17)24/h4-9,18H,10-13H2,1-3H3. The highest BCUT2D eigenvalue weighted by atomic mass is 32.2. The largest absolute Gasteiger partial charge is 0.450 e. The number of furan rings is 1. The van der Waals surface area contributed by atoms with Crippen LogP contribution in [0.1, 0.15) is 39.2 Å². The van der Waals surface area contributed by atoms with Crippen molar-refractivity contribution in [1.82, 2.24) is 4.90 Å². The molecule has 1 amide bonds. The van der Waals surface area contributed by atoms with E-state index in [9.17, 15) is 17.6 Å². The van der Waals surface area contributed by atoms with Crippen LogP contribution in [0.3, 0.4) is 0 Å². The molecule has 0 bridgehead atoms. The van der Waals surface area contributed by atoms with E-state index in [1.165, 1.54) is 11.0 Å². The number of carbonyl (C=O) groups excluding carboxylic acids is 1. The van der Waals surface area contributed by atoms with Crippen molar-refractivity contribution in [3.63, 3.8) is 0 Å². The minimum atomic E-state index is -3.22. The van der Waals surface area contributed by atoms with E-state index in [2.05, 4.69) is 0 Å². The second-order valence-corrected chi connectivity index (χ2v) is 10.3. The zero-order chi connectivity index (χ0) is 21.6. The number of halogens is 1. The number of hydrogen-bond acceptors (Lipinski definition) is 4. The first kappa shape index (κ1) is 20.6. The van der Waals surface area contributed by atoms with Gasteiger partial charge in [0.15, 0.2) is 15.6 Å². The Morgan fingerprint density at radius 1 is 1.13 bits per heavy atom. The number of benzene rings is 2. The number of carbonyl (C=O) groups is 1. The van der Waals surface area contributed by atoms with Crippen LogP contribution in [0.5, 0.6) is 0 Å². The Morgan fingerprint density at radius 2 is 1.87 bits per heavy atom. The molecule has 158 valence electrons. The zero-order valence-electron chi connectivity index (χ0n) is 17.2. The summed E-state index contributed by atoms with van der Waals surface area (Å²) in [6.07, 6.45) is 0.333. The summed E-state index contributed by atoms with van der Waals surface area (Å²) in [5, 5.41) is 0.853. The maximum atomic E-state index is 14.3. The van der Waals surface area contributed by atoms with E-state index in [4.69, 9.17) is 4.42 Å². The number of rotatable bonds is 4. The lowest BCUT2D eigenvalue weighted by Gasteiger charge is -2.28. The molecule has 30 heavy (non-hydrogen) atoms. The van der Waals surface area contributed by atoms with Crippen molar-refractivity contribution in [2.45, 2.75) is 39.8 Å². The summed E-state index contributed by atoms with van der Waals surface area (Å²) in [6.45, 7) is 5.72. The highest BCUT2D eigenvalue weighted by Gasteiger charge is 2.37. The van der Waals surface area contributed by atoms with Gasteiger partial charge >= 0.3 is 0 Å². The van der Waals surface area contributed by atoms with E-state index in [-0.39, 0.29) is 23.8 Å². The maximum Gasteiger partial charge on any atom is 0.290 e. The van der Waals surface area contributed by atoms with Crippen molar-refractivity contribution in [1.29, 1.82) is 0 Å². The number of sulfone groups is 1. The van der Waals surface area contributed by atoms with Crippen molar-refractivity contribution < 1.29 is 22.0 Å². The number of amides is 1. The van der Waals surface area contributed by atoms with Gasteiger partial charge in [-0.2, -0.15) is 0 Å². The summed E-state index contributed by atoms with van der Waals surface area (Å²) in [5.74, 6) is -0.754. The van der Waals surface area contributed by atoms with E-state index in [0.29, 0.717) is 23.1 Å². The van der Waals surface area contributed by atoms with Crippen LogP contribution in [0.25, 0.3) is 11.0 Å². The van der Waals surface area contributed by atoms with Crippen LogP contribution in [-0.4, -0.2) is 36.8 Å². The number of fused-ring (bicyclic) bond motifs is 1. The first-order valence-corrected chi connectivity index (χ1v) is 11.7. The third-order valence-corrected chi connectivity index (χ3v) is 7.78. The Balaban J connectivity index is 1.78. The Labute approximate surface area is 175 Å². The number of hydrogen-bond donors (Lipinski definition) is 0. The SMILES string of the molecule is Cc1ccc2c(C)c(C(=O)N(Cc3ccccc3F)C3CCS(=O)(=O)C3)oc2c1C. The minimum absolute atomic E-state index is 0.0137. The first-order chi connectivity index (χ1) is 14.2. The summed E-state index contributed by atoms with van der Waals surface area (Å²) in [7, 11) is -3.22. The van der Waals surface area contributed by atoms with Gasteiger partial charge in [-0.3, -0.25) is 4.79 Å². The average molecular weight is 430 g/mol. The van der Waals surface area contributed by atoms with Gasteiger partial charge in [-0.05, 0) is 44.4 Å². The predicted octanol–water partition coefficient (Wildman–Crippen LogP) is 4.33. The van der Waals surface area contributed by atoms with E-state index in [1.807, 2.05) is 32.9 Å². The molecule has 0 aliphatic carbocycles. The summed E-state index contributed by atoms with van der Waals surface area (Å²) in [4.78, 5) is 15.0. The van der Waals surface area contributed by atoms with Crippen LogP contribution in [0.4, 0.5) is 4.39 Å². The van der Waals surface area contributed by atoms with Crippen molar-refractivity contribution in [3.8, 4) is 0 Å². The molecule has 0 radical (unpaired) electrons. The maximum absolute atomic E-state index is 14.3. The smallest absolute Gasteiger partial charge is 0.290 e. The molecule has 0 saturated carbocycles. The molecule has 1 atom stereocenters. The van der Waals surface area contributed by atoms with Gasteiger partial charge in [0.05, 0.1) is 11.5 Å². The molecule has 0 spiro atoms. The molecule has 2 aromatic carbocycles. The second kappa shape index (κ2) is 7.54. The molecule has 1 aromatic heterocycles. The van der Waals surface area contributed by atoms with Crippen molar-refractivity contribution in [2.24, 2.45) is 0 Å². The fourth-order valence-electron chi connectivity index (χ4n) is 4.05. The molecule has 5 nitrogen and oxygen atoms in total. The summed E-state index contributed by atoms with van der Waals surface area (Å²) in [5.41, 5.74) is 3.72. The van der Waals surface area contributed by atoms with Gasteiger partial charge in [0, 0.05) is 29.1 Å². The monoisotopic (exact) mass is 429 g/mol. The minimum Gasteiger partial charge on any atom is -0.450 e. The van der Waals surface area contributed by atoms with Crippen LogP contribution in [-0.2, 0) is 16.4 Å². The van der Waals surface area contributed by atoms with Gasteiger partial charge in [0.1, 0.15) is 11.4 Å². The molecular formula is C23H24FNO4S. The summed E-state index contributed by atoms with van der Waals surface area (Å²) >= 11 is 0. The molecule has 7 heteroatoms. The summed E-state index contributed by atoms with van der Waals surface area (Å²) in [6, 6.07) is 9.62. The summed E-state index contributed by atoms with van der Waals surface area (Å²) < 4.78 is 44.5. The Morgan fingerprint density at radius 3 is 2.53 bits per heavy atom. The fourth-order valence-corrected chi connectivity index (χ4v) is 5.78. The molecular weight excluding hydrogens is 405 g/mol. The van der Waals surface area contributed by atoms with Gasteiger partial charge in [0.2, 0.25) is 0 Å². The van der Waals surface area contributed by atoms with Crippen LogP contribution in [0.15, 0.2) is 40.8 Å². The van der Waals surface area contributed by atoms with E-state index >= 15 is 0 Å². The molecule has 1 unspecified atom stereocenters. The van der Waals surface area contributed by atoms with E-state index in [1.54, 1.807) is 18.2 Å². The Hall–Kier alpha value is -2.67. The van der Waals surface area contributed by atoms with Crippen LogP contribution < -0.4 is 0 Å². The molecule has 1 fully saturated rings. The first-order valence-electron chi connectivity index (χ1n) is 9.92. The molecule has 1 saturated heterocycles. The van der Waals surface area contributed by atoms with Gasteiger partial charge in [0.25, 0.3) is 5.91 Å². The zero-order valence-corrected chi connectivity index (χ0v) is 18.1. The topological polar surface area (TPSA) is 67.6 Å². The van der Waals surface area contributed by atoms with Crippen molar-refractivity contribution >= 4 is 26.7 Å². The predicted molar refractivity (Wildman–Crippen MR) is 114 cm³/mol. The molecule has 1 aliphatic heterocycles. The third-order valence-electron chi connectivity index (χ3n) is 6.03. The van der Waals surface area contributed by atoms with Gasteiger partial charge in [-0.1, -0.05) is 30.3 Å². The average Bonchev–Trinajstić information content (AvgIpc) is 3.23. The van der Waals surface area contributed by atoms with Crippen LogP contribution in [0, 0.1) is 26.6 Å². The molecule has 0 N–H and O–H groups in total. The molecule has 4 rings (SSSR count). The van der Waals surface area contributed by atoms with E-state index in [0.717, 1.165) is 16.5 Å². The van der Waals surface area contributed by atoms with Crippen molar-refractivity contribution in [2.75, 3.05) is 11.5 Å². The highest BCUT2D eigenvalue weighted by Crippen LogP contribution is 2.32. The van der Waals surface area contributed by atoms with Gasteiger partial charge in [-0.15, -0.1) is 0 Å². The van der Waals surface area contributed by atoms with Crippen molar-refractivity contribution in [3.05, 3.63) is 70.2 Å². The lowest BCUT2D eigenvalue weighted by atomic mass is 10.0. The highest BCUT2D eigenvalue weighted by molar-refractivity contribution is 7.91. The lowest BCUT2D eigenvalue weighted by Crippen LogP contribution is -2.41. The third kappa shape index (κ3) is 3.62. The Bertz CT molecular complexity index is 1250. The normalized spacial score (nSPS) is 18.1. The number of nitrogens with zero attached hydrogens (tertiary/aromatic N) is 1. The van der Waals surface area contributed by atoms with Crippen LogP contribution in [0.2, 0.25) is 0 Å². The molecule has 3 aromatic rings. The second-order valence-electron chi connectivity index (χ2n) is 8.02. The Kier molecular flexibility index (Phi) is 5.18.